The van der Waals surface area contributed by atoms with E-state index in [0.29, 0.717) is 0 Å². The largest absolute Gasteiger partial charge is 0.367 e. The van der Waals surface area contributed by atoms with E-state index in [1.54, 1.807) is 6.20 Å². The monoisotopic (exact) mass is 458 g/mol. The quantitative estimate of drug-likeness (QED) is 0.627. The number of halogens is 1. The Labute approximate surface area is 198 Å². The molecule has 0 amide bonds. The molecule has 9 heteroatoms. The maximum atomic E-state index is 4.98. The highest BCUT2D eigenvalue weighted by atomic mass is 35.5. The average Bonchev–Trinajstić information content (AvgIpc) is 3.62. The summed E-state index contributed by atoms with van der Waals surface area (Å²) < 4.78 is 0. The van der Waals surface area contributed by atoms with Crippen molar-refractivity contribution in [3.8, 4) is 0 Å². The SMILES string of the molecule is Cl.c1ccc2c(c1)CN(c1ccc(C3=NCCN3)nc1)C2=Nc1ccc(C2=NCCN2)nc1. The summed E-state index contributed by atoms with van der Waals surface area (Å²) in [6, 6.07) is 16.4. The second-order valence-corrected chi connectivity index (χ2v) is 7.80. The average molecular weight is 459 g/mol. The standard InChI is InChI=1S/C24H22N8.ClH/c1-2-4-19-16(3-1)15-32(18-6-8-21(30-14-18)23-27-11-12-28-23)24(19)31-17-5-7-20(29-13-17)22-25-9-10-26-22;/h1-8,13-14H,9-12,15H2,(H,25,26)(H,27,28);1H. The van der Waals surface area contributed by atoms with Gasteiger partial charge in [0.1, 0.15) is 28.9 Å². The minimum absolute atomic E-state index is 0. The third-order valence-corrected chi connectivity index (χ3v) is 5.72. The van der Waals surface area contributed by atoms with Crippen LogP contribution in [0.25, 0.3) is 0 Å². The van der Waals surface area contributed by atoms with Crippen molar-refractivity contribution in [2.45, 2.75) is 6.54 Å². The number of hydrogen-bond acceptors (Lipinski definition) is 7. The number of fused-ring (bicyclic) bond motifs is 1. The van der Waals surface area contributed by atoms with Gasteiger partial charge in [0, 0.05) is 18.7 Å². The highest BCUT2D eigenvalue weighted by molar-refractivity contribution is 6.14. The fourth-order valence-corrected chi connectivity index (χ4v) is 4.14. The Kier molecular flexibility index (Phi) is 5.75. The summed E-state index contributed by atoms with van der Waals surface area (Å²) in [5, 5.41) is 6.53. The number of amidine groups is 3. The van der Waals surface area contributed by atoms with E-state index in [4.69, 9.17) is 4.99 Å². The van der Waals surface area contributed by atoms with Crippen LogP contribution in [-0.2, 0) is 6.54 Å². The molecule has 5 heterocycles. The van der Waals surface area contributed by atoms with Gasteiger partial charge in [0.05, 0.1) is 43.4 Å². The van der Waals surface area contributed by atoms with Crippen molar-refractivity contribution >= 4 is 41.3 Å². The number of aromatic nitrogens is 2. The molecule has 3 aliphatic rings. The Balaban J connectivity index is 0.00000228. The lowest BCUT2D eigenvalue weighted by Crippen LogP contribution is -2.25. The number of hydrogen-bond donors (Lipinski definition) is 2. The number of nitrogens with zero attached hydrogens (tertiary/aromatic N) is 6. The summed E-state index contributed by atoms with van der Waals surface area (Å²) in [6.07, 6.45) is 3.69. The Hall–Kier alpha value is -3.78. The van der Waals surface area contributed by atoms with Gasteiger partial charge < -0.3 is 15.5 Å². The van der Waals surface area contributed by atoms with Gasteiger partial charge in [-0.25, -0.2) is 4.99 Å². The van der Waals surface area contributed by atoms with Gasteiger partial charge >= 0.3 is 0 Å². The summed E-state index contributed by atoms with van der Waals surface area (Å²) in [5.74, 6) is 2.62. The van der Waals surface area contributed by atoms with Crippen LogP contribution in [0, 0.1) is 0 Å². The van der Waals surface area contributed by atoms with Gasteiger partial charge in [0.2, 0.25) is 0 Å². The zero-order valence-electron chi connectivity index (χ0n) is 17.9. The Morgan fingerprint density at radius 3 is 2.09 bits per heavy atom. The van der Waals surface area contributed by atoms with Crippen molar-refractivity contribution in [2.75, 3.05) is 31.1 Å². The first kappa shape index (κ1) is 21.1. The van der Waals surface area contributed by atoms with E-state index in [0.717, 1.165) is 78.6 Å². The first-order valence-electron chi connectivity index (χ1n) is 10.8. The summed E-state index contributed by atoms with van der Waals surface area (Å²) in [5.41, 5.74) is 5.88. The lowest BCUT2D eigenvalue weighted by Gasteiger charge is -2.19. The smallest absolute Gasteiger partial charge is 0.147 e. The van der Waals surface area contributed by atoms with Crippen LogP contribution in [-0.4, -0.2) is 53.7 Å². The first-order chi connectivity index (χ1) is 15.8. The predicted molar refractivity (Wildman–Crippen MR) is 133 cm³/mol. The molecule has 8 nitrogen and oxygen atoms in total. The van der Waals surface area contributed by atoms with Crippen LogP contribution in [0.5, 0.6) is 0 Å². The second kappa shape index (κ2) is 8.99. The molecule has 3 aromatic rings. The molecular weight excluding hydrogens is 436 g/mol. The third kappa shape index (κ3) is 4.05. The van der Waals surface area contributed by atoms with Crippen LogP contribution < -0.4 is 15.5 Å². The van der Waals surface area contributed by atoms with E-state index in [9.17, 15) is 0 Å². The number of rotatable bonds is 4. The topological polar surface area (TPSA) is 90.2 Å². The van der Waals surface area contributed by atoms with Crippen LogP contribution in [0.4, 0.5) is 11.4 Å². The van der Waals surface area contributed by atoms with Crippen molar-refractivity contribution in [3.05, 3.63) is 83.4 Å². The summed E-state index contributed by atoms with van der Waals surface area (Å²) in [7, 11) is 0. The zero-order valence-corrected chi connectivity index (χ0v) is 18.7. The molecular formula is C24H23ClN8. The van der Waals surface area contributed by atoms with E-state index in [1.165, 1.54) is 5.56 Å². The summed E-state index contributed by atoms with van der Waals surface area (Å²) in [4.78, 5) is 25.3. The lowest BCUT2D eigenvalue weighted by atomic mass is 10.1. The molecule has 0 spiro atoms. The van der Waals surface area contributed by atoms with E-state index >= 15 is 0 Å². The minimum Gasteiger partial charge on any atom is -0.367 e. The Bertz CT molecular complexity index is 1250. The number of pyridine rings is 2. The van der Waals surface area contributed by atoms with Gasteiger partial charge in [0.15, 0.2) is 0 Å². The van der Waals surface area contributed by atoms with E-state index in [-0.39, 0.29) is 12.4 Å². The van der Waals surface area contributed by atoms with Crippen molar-refractivity contribution in [3.63, 3.8) is 0 Å². The predicted octanol–water partition coefficient (Wildman–Crippen LogP) is 2.70. The number of benzene rings is 1. The molecule has 0 bridgehead atoms. The van der Waals surface area contributed by atoms with Crippen LogP contribution in [0.15, 0.2) is 75.9 Å². The van der Waals surface area contributed by atoms with Gasteiger partial charge in [-0.2, -0.15) is 0 Å². The third-order valence-electron chi connectivity index (χ3n) is 5.72. The molecule has 0 saturated carbocycles. The van der Waals surface area contributed by atoms with Crippen LogP contribution in [0.1, 0.15) is 22.5 Å². The molecule has 1 aromatic carbocycles. The van der Waals surface area contributed by atoms with Crippen LogP contribution >= 0.6 is 12.4 Å². The molecule has 3 aliphatic heterocycles. The molecule has 0 fully saturated rings. The number of aliphatic imine (C=N–C) groups is 3. The Morgan fingerprint density at radius 2 is 1.48 bits per heavy atom. The highest BCUT2D eigenvalue weighted by Gasteiger charge is 2.27. The molecule has 2 aromatic heterocycles. The number of anilines is 1. The van der Waals surface area contributed by atoms with Gasteiger partial charge in [-0.3, -0.25) is 20.0 Å². The van der Waals surface area contributed by atoms with Crippen molar-refractivity contribution in [1.82, 2.24) is 20.6 Å². The van der Waals surface area contributed by atoms with E-state index in [2.05, 4.69) is 59.8 Å². The van der Waals surface area contributed by atoms with Gasteiger partial charge in [-0.15, -0.1) is 12.4 Å². The molecule has 166 valence electrons. The highest BCUT2D eigenvalue weighted by Crippen LogP contribution is 2.30. The maximum absolute atomic E-state index is 4.98. The maximum Gasteiger partial charge on any atom is 0.147 e. The molecule has 0 atom stereocenters. The molecule has 6 rings (SSSR count). The molecule has 33 heavy (non-hydrogen) atoms. The normalized spacial score (nSPS) is 17.7. The first-order valence-corrected chi connectivity index (χ1v) is 10.8. The molecule has 0 saturated heterocycles. The van der Waals surface area contributed by atoms with Crippen molar-refractivity contribution < 1.29 is 0 Å². The zero-order chi connectivity index (χ0) is 21.3. The van der Waals surface area contributed by atoms with Gasteiger partial charge in [-0.05, 0) is 29.8 Å². The summed E-state index contributed by atoms with van der Waals surface area (Å²) in [6.45, 7) is 4.08. The Morgan fingerprint density at radius 1 is 0.788 bits per heavy atom. The fourth-order valence-electron chi connectivity index (χ4n) is 4.14. The minimum atomic E-state index is 0. The molecule has 0 unspecified atom stereocenters. The summed E-state index contributed by atoms with van der Waals surface area (Å²) >= 11 is 0. The fraction of sp³-hybridized carbons (Fsp3) is 0.208. The lowest BCUT2D eigenvalue weighted by molar-refractivity contribution is 0.958. The van der Waals surface area contributed by atoms with E-state index < -0.39 is 0 Å². The van der Waals surface area contributed by atoms with Crippen LogP contribution in [0.3, 0.4) is 0 Å². The molecule has 0 radical (unpaired) electrons. The number of nitrogens with one attached hydrogen (secondary N) is 2. The van der Waals surface area contributed by atoms with Crippen LogP contribution in [0.2, 0.25) is 0 Å². The van der Waals surface area contributed by atoms with Crippen molar-refractivity contribution in [2.24, 2.45) is 15.0 Å². The molecule has 2 N–H and O–H groups in total. The van der Waals surface area contributed by atoms with Gasteiger partial charge in [0.25, 0.3) is 0 Å². The van der Waals surface area contributed by atoms with Gasteiger partial charge in [-0.1, -0.05) is 24.3 Å². The molecule has 0 aliphatic carbocycles. The van der Waals surface area contributed by atoms with Crippen molar-refractivity contribution in [1.29, 1.82) is 0 Å². The second-order valence-electron chi connectivity index (χ2n) is 7.80. The van der Waals surface area contributed by atoms with E-state index in [1.807, 2.05) is 30.5 Å².